The van der Waals surface area contributed by atoms with E-state index in [0.717, 1.165) is 12.8 Å². The summed E-state index contributed by atoms with van der Waals surface area (Å²) >= 11 is 5.83. The van der Waals surface area contributed by atoms with E-state index in [4.69, 9.17) is 11.6 Å². The summed E-state index contributed by atoms with van der Waals surface area (Å²) in [6.07, 6.45) is 1.29. The molecule has 0 amide bonds. The predicted molar refractivity (Wildman–Crippen MR) is 73.9 cm³/mol. The van der Waals surface area contributed by atoms with Crippen LogP contribution in [0.15, 0.2) is 17.1 Å². The van der Waals surface area contributed by atoms with Gasteiger partial charge in [0.1, 0.15) is 16.7 Å². The number of aliphatic imine (C=N–C) groups is 1. The molecule has 0 aliphatic carbocycles. The lowest BCUT2D eigenvalue weighted by atomic mass is 10.1. The number of anilines is 1. The fraction of sp³-hybridized carbons (Fsp3) is 0.364. The monoisotopic (exact) mass is 305 g/mol. The summed E-state index contributed by atoms with van der Waals surface area (Å²) < 4.78 is 38.4. The lowest BCUT2D eigenvalue weighted by molar-refractivity contribution is 0.606. The van der Waals surface area contributed by atoms with Gasteiger partial charge in [-0.15, -0.1) is 0 Å². The lowest BCUT2D eigenvalue weighted by Crippen LogP contribution is -2.21. The average molecular weight is 306 g/mol. The van der Waals surface area contributed by atoms with Gasteiger partial charge in [0, 0.05) is 13.0 Å². The molecule has 0 aromatic heterocycles. The van der Waals surface area contributed by atoms with E-state index >= 15 is 0 Å². The largest absolute Gasteiger partial charge is 0.372 e. The Labute approximate surface area is 115 Å². The number of nitrogens with one attached hydrogen (secondary N) is 2. The maximum absolute atomic E-state index is 14.0. The summed E-state index contributed by atoms with van der Waals surface area (Å²) in [5, 5.41) is 2.80. The second-order valence-electron chi connectivity index (χ2n) is 4.21. The molecule has 0 atom stereocenters. The average Bonchev–Trinajstić information content (AvgIpc) is 2.80. The second-order valence-corrected chi connectivity index (χ2v) is 6.33. The highest BCUT2D eigenvalue weighted by Gasteiger charge is 2.16. The Bertz CT molecular complexity index is 631. The van der Waals surface area contributed by atoms with Crippen LogP contribution in [0, 0.1) is 5.82 Å². The van der Waals surface area contributed by atoms with Crippen molar-refractivity contribution in [2.24, 2.45) is 4.99 Å². The Hall–Kier alpha value is -1.34. The number of hydrogen-bond donors (Lipinski definition) is 2. The van der Waals surface area contributed by atoms with Gasteiger partial charge in [0.2, 0.25) is 10.0 Å². The number of amidine groups is 1. The van der Waals surface area contributed by atoms with Crippen molar-refractivity contribution in [3.8, 4) is 0 Å². The first kappa shape index (κ1) is 14.1. The van der Waals surface area contributed by atoms with Crippen LogP contribution in [0.2, 0.25) is 5.02 Å². The number of benzene rings is 1. The molecule has 1 aromatic rings. The van der Waals surface area contributed by atoms with Crippen LogP contribution in [-0.2, 0) is 16.4 Å². The van der Waals surface area contributed by atoms with E-state index in [1.54, 1.807) is 0 Å². The van der Waals surface area contributed by atoms with Crippen LogP contribution < -0.4 is 10.0 Å². The summed E-state index contributed by atoms with van der Waals surface area (Å²) in [6.45, 7) is 1.43. The van der Waals surface area contributed by atoms with E-state index in [1.165, 1.54) is 12.1 Å². The van der Waals surface area contributed by atoms with Crippen LogP contribution in [0.3, 0.4) is 0 Å². The van der Waals surface area contributed by atoms with Crippen LogP contribution in [-0.4, -0.2) is 33.6 Å². The van der Waals surface area contributed by atoms with Crippen molar-refractivity contribution >= 4 is 33.1 Å². The highest BCUT2D eigenvalue weighted by molar-refractivity contribution is 7.92. The first-order chi connectivity index (χ1) is 8.87. The molecule has 0 unspecified atom stereocenters. The number of halogens is 2. The Morgan fingerprint density at radius 2 is 2.26 bits per heavy atom. The van der Waals surface area contributed by atoms with E-state index in [1.807, 2.05) is 0 Å². The van der Waals surface area contributed by atoms with Gasteiger partial charge in [0.05, 0.1) is 18.5 Å². The SMILES string of the molecule is CS(=O)(=O)Nc1ccc(CC2=NCCN2)c(F)c1Cl. The van der Waals surface area contributed by atoms with E-state index in [9.17, 15) is 12.8 Å². The molecule has 0 radical (unpaired) electrons. The van der Waals surface area contributed by atoms with Crippen molar-refractivity contribution in [1.82, 2.24) is 5.32 Å². The third-order valence-electron chi connectivity index (χ3n) is 2.56. The molecule has 2 N–H and O–H groups in total. The summed E-state index contributed by atoms with van der Waals surface area (Å²) in [7, 11) is -3.49. The minimum atomic E-state index is -3.49. The molecule has 104 valence electrons. The highest BCUT2D eigenvalue weighted by atomic mass is 35.5. The molecule has 1 aromatic carbocycles. The first-order valence-corrected chi connectivity index (χ1v) is 7.85. The molecule has 0 fully saturated rings. The summed E-state index contributed by atoms with van der Waals surface area (Å²) in [5.74, 6) is 0.0745. The van der Waals surface area contributed by atoms with Gasteiger partial charge in [-0.1, -0.05) is 17.7 Å². The molecule has 0 saturated heterocycles. The minimum absolute atomic E-state index is 0.0340. The van der Waals surface area contributed by atoms with Crippen molar-refractivity contribution in [1.29, 1.82) is 0 Å². The highest BCUT2D eigenvalue weighted by Crippen LogP contribution is 2.28. The normalized spacial score (nSPS) is 15.0. The zero-order valence-electron chi connectivity index (χ0n) is 10.2. The Balaban J connectivity index is 2.26. The molecule has 2 rings (SSSR count). The topological polar surface area (TPSA) is 70.6 Å². The number of nitrogens with zero attached hydrogens (tertiary/aromatic N) is 1. The standard InChI is InChI=1S/C11H13ClFN3O2S/c1-19(17,18)16-8-3-2-7(11(13)10(8)12)6-9-14-4-5-15-9/h2-3,16H,4-6H2,1H3,(H,14,15). The van der Waals surface area contributed by atoms with Crippen molar-refractivity contribution in [2.45, 2.75) is 6.42 Å². The third kappa shape index (κ3) is 3.57. The van der Waals surface area contributed by atoms with Crippen LogP contribution >= 0.6 is 11.6 Å². The maximum Gasteiger partial charge on any atom is 0.229 e. The Kier molecular flexibility index (Phi) is 3.96. The van der Waals surface area contributed by atoms with Crippen LogP contribution in [0.5, 0.6) is 0 Å². The van der Waals surface area contributed by atoms with Gasteiger partial charge in [-0.25, -0.2) is 12.8 Å². The van der Waals surface area contributed by atoms with E-state index in [-0.39, 0.29) is 10.7 Å². The van der Waals surface area contributed by atoms with Crippen LogP contribution in [0.25, 0.3) is 0 Å². The molecule has 0 spiro atoms. The van der Waals surface area contributed by atoms with Crippen molar-refractivity contribution in [3.63, 3.8) is 0 Å². The molecule has 5 nitrogen and oxygen atoms in total. The summed E-state index contributed by atoms with van der Waals surface area (Å²) in [6, 6.07) is 2.94. The smallest absolute Gasteiger partial charge is 0.229 e. The van der Waals surface area contributed by atoms with Crippen molar-refractivity contribution < 1.29 is 12.8 Å². The molecule has 1 aliphatic heterocycles. The lowest BCUT2D eigenvalue weighted by Gasteiger charge is -2.10. The van der Waals surface area contributed by atoms with Gasteiger partial charge in [-0.2, -0.15) is 0 Å². The quantitative estimate of drug-likeness (QED) is 0.883. The summed E-state index contributed by atoms with van der Waals surface area (Å²) in [4.78, 5) is 4.17. The molecule has 0 saturated carbocycles. The fourth-order valence-corrected chi connectivity index (χ4v) is 2.61. The van der Waals surface area contributed by atoms with Gasteiger partial charge < -0.3 is 5.32 Å². The molecule has 19 heavy (non-hydrogen) atoms. The van der Waals surface area contributed by atoms with E-state index < -0.39 is 15.8 Å². The molecular formula is C11H13ClFN3O2S. The maximum atomic E-state index is 14.0. The van der Waals surface area contributed by atoms with Crippen molar-refractivity contribution in [2.75, 3.05) is 24.1 Å². The second kappa shape index (κ2) is 5.34. The third-order valence-corrected chi connectivity index (χ3v) is 3.52. The molecular weight excluding hydrogens is 293 g/mol. The molecule has 1 heterocycles. The number of sulfonamides is 1. The molecule has 1 aliphatic rings. The van der Waals surface area contributed by atoms with Gasteiger partial charge in [0.15, 0.2) is 0 Å². The van der Waals surface area contributed by atoms with E-state index in [0.29, 0.717) is 24.4 Å². The first-order valence-electron chi connectivity index (χ1n) is 5.58. The van der Waals surface area contributed by atoms with Crippen molar-refractivity contribution in [3.05, 3.63) is 28.5 Å². The molecule has 8 heteroatoms. The van der Waals surface area contributed by atoms with Gasteiger partial charge in [-0.05, 0) is 11.6 Å². The van der Waals surface area contributed by atoms with Crippen LogP contribution in [0.1, 0.15) is 5.56 Å². The van der Waals surface area contributed by atoms with Gasteiger partial charge in [0.25, 0.3) is 0 Å². The zero-order chi connectivity index (χ0) is 14.0. The Morgan fingerprint density at radius 3 is 2.84 bits per heavy atom. The molecule has 0 bridgehead atoms. The van der Waals surface area contributed by atoms with Gasteiger partial charge >= 0.3 is 0 Å². The number of hydrogen-bond acceptors (Lipinski definition) is 4. The minimum Gasteiger partial charge on any atom is -0.372 e. The van der Waals surface area contributed by atoms with Crippen LogP contribution in [0.4, 0.5) is 10.1 Å². The van der Waals surface area contributed by atoms with E-state index in [2.05, 4.69) is 15.0 Å². The van der Waals surface area contributed by atoms with Gasteiger partial charge in [-0.3, -0.25) is 9.71 Å². The predicted octanol–water partition coefficient (Wildman–Crippen LogP) is 1.39. The Morgan fingerprint density at radius 1 is 1.53 bits per heavy atom. The number of rotatable bonds is 4. The zero-order valence-corrected chi connectivity index (χ0v) is 11.8. The fourth-order valence-electron chi connectivity index (χ4n) is 1.75. The summed E-state index contributed by atoms with van der Waals surface area (Å²) in [5.41, 5.74) is 0.406.